The Morgan fingerprint density at radius 3 is 3.00 bits per heavy atom. The van der Waals surface area contributed by atoms with E-state index in [-0.39, 0.29) is 5.75 Å². The van der Waals surface area contributed by atoms with Crippen LogP contribution >= 0.6 is 11.6 Å². The fourth-order valence-corrected chi connectivity index (χ4v) is 1.04. The van der Waals surface area contributed by atoms with Crippen LogP contribution in [0.15, 0.2) is 23.4 Å². The van der Waals surface area contributed by atoms with Crippen molar-refractivity contribution in [3.05, 3.63) is 28.8 Å². The maximum atomic E-state index is 9.36. The number of rotatable bonds is 3. The first kappa shape index (κ1) is 9.86. The van der Waals surface area contributed by atoms with Crippen molar-refractivity contribution in [2.24, 2.45) is 5.16 Å². The van der Waals surface area contributed by atoms with Crippen molar-refractivity contribution in [3.8, 4) is 5.75 Å². The first-order valence-electron chi connectivity index (χ1n) is 3.88. The molecule has 0 fully saturated rings. The molecule has 0 aliphatic carbocycles. The van der Waals surface area contributed by atoms with Crippen LogP contribution in [-0.4, -0.2) is 17.9 Å². The van der Waals surface area contributed by atoms with Crippen molar-refractivity contribution in [2.75, 3.05) is 6.61 Å². The lowest BCUT2D eigenvalue weighted by atomic mass is 10.2. The van der Waals surface area contributed by atoms with Gasteiger partial charge in [-0.2, -0.15) is 0 Å². The first-order chi connectivity index (χ1) is 6.25. The number of benzene rings is 1. The van der Waals surface area contributed by atoms with Gasteiger partial charge in [0.15, 0.2) is 0 Å². The number of nitrogens with zero attached hydrogens (tertiary/aromatic N) is 1. The lowest BCUT2D eigenvalue weighted by molar-refractivity contribution is 0.160. The Hall–Kier alpha value is -1.22. The standard InChI is InChI=1S/C9H10ClNO2/c1-2-13-11-6-7-8(10)4-3-5-9(7)12/h3-6,12H,2H2,1H3/b11-6+. The minimum atomic E-state index is 0.0935. The van der Waals surface area contributed by atoms with Crippen molar-refractivity contribution in [3.63, 3.8) is 0 Å². The Morgan fingerprint density at radius 1 is 1.62 bits per heavy atom. The average Bonchev–Trinajstić information content (AvgIpc) is 2.10. The zero-order valence-electron chi connectivity index (χ0n) is 7.20. The number of hydrogen-bond acceptors (Lipinski definition) is 3. The van der Waals surface area contributed by atoms with Crippen LogP contribution in [0.2, 0.25) is 5.02 Å². The highest BCUT2D eigenvalue weighted by atomic mass is 35.5. The van der Waals surface area contributed by atoms with Gasteiger partial charge in [0, 0.05) is 0 Å². The second-order valence-corrected chi connectivity index (χ2v) is 2.73. The normalized spacial score (nSPS) is 10.6. The van der Waals surface area contributed by atoms with Gasteiger partial charge in [-0.25, -0.2) is 0 Å². The number of oxime groups is 1. The van der Waals surface area contributed by atoms with Gasteiger partial charge in [0.1, 0.15) is 12.4 Å². The fourth-order valence-electron chi connectivity index (χ4n) is 0.818. The van der Waals surface area contributed by atoms with E-state index in [1.807, 2.05) is 6.92 Å². The van der Waals surface area contributed by atoms with Crippen LogP contribution in [0.5, 0.6) is 5.75 Å². The van der Waals surface area contributed by atoms with Gasteiger partial charge in [0.25, 0.3) is 0 Å². The highest BCUT2D eigenvalue weighted by Crippen LogP contribution is 2.22. The molecular formula is C9H10ClNO2. The van der Waals surface area contributed by atoms with E-state index in [0.717, 1.165) is 0 Å². The summed E-state index contributed by atoms with van der Waals surface area (Å²) in [5, 5.41) is 13.4. The molecule has 1 N–H and O–H groups in total. The summed E-state index contributed by atoms with van der Waals surface area (Å²) in [6.07, 6.45) is 1.39. The van der Waals surface area contributed by atoms with E-state index in [1.54, 1.807) is 18.2 Å². The van der Waals surface area contributed by atoms with E-state index in [1.165, 1.54) is 6.21 Å². The Morgan fingerprint density at radius 2 is 2.38 bits per heavy atom. The molecule has 0 unspecified atom stereocenters. The summed E-state index contributed by atoms with van der Waals surface area (Å²) in [6, 6.07) is 4.88. The Balaban J connectivity index is 2.87. The topological polar surface area (TPSA) is 41.8 Å². The molecule has 0 radical (unpaired) electrons. The number of phenolic OH excluding ortho intramolecular Hbond substituents is 1. The second kappa shape index (κ2) is 4.72. The third-order valence-corrected chi connectivity index (χ3v) is 1.74. The van der Waals surface area contributed by atoms with Crippen LogP contribution in [0, 0.1) is 0 Å². The number of aromatic hydroxyl groups is 1. The number of halogens is 1. The van der Waals surface area contributed by atoms with E-state index in [4.69, 9.17) is 16.4 Å². The van der Waals surface area contributed by atoms with Crippen molar-refractivity contribution < 1.29 is 9.94 Å². The Bertz CT molecular complexity index is 292. The minimum Gasteiger partial charge on any atom is -0.507 e. The lowest BCUT2D eigenvalue weighted by Gasteiger charge is -1.99. The van der Waals surface area contributed by atoms with Crippen molar-refractivity contribution in [2.45, 2.75) is 6.92 Å². The first-order valence-corrected chi connectivity index (χ1v) is 4.26. The molecule has 1 aromatic rings. The molecule has 0 amide bonds. The quantitative estimate of drug-likeness (QED) is 0.600. The molecule has 0 aromatic heterocycles. The maximum absolute atomic E-state index is 9.36. The third kappa shape index (κ3) is 2.63. The number of phenols is 1. The molecule has 4 heteroatoms. The summed E-state index contributed by atoms with van der Waals surface area (Å²) in [7, 11) is 0. The van der Waals surface area contributed by atoms with Gasteiger partial charge in [-0.1, -0.05) is 22.8 Å². The van der Waals surface area contributed by atoms with E-state index in [0.29, 0.717) is 17.2 Å². The van der Waals surface area contributed by atoms with E-state index >= 15 is 0 Å². The smallest absolute Gasteiger partial charge is 0.125 e. The summed E-state index contributed by atoms with van der Waals surface area (Å²) >= 11 is 5.80. The van der Waals surface area contributed by atoms with Crippen LogP contribution in [0.4, 0.5) is 0 Å². The van der Waals surface area contributed by atoms with E-state index in [9.17, 15) is 5.11 Å². The van der Waals surface area contributed by atoms with Crippen molar-refractivity contribution in [1.29, 1.82) is 0 Å². The molecule has 0 atom stereocenters. The van der Waals surface area contributed by atoms with Crippen molar-refractivity contribution in [1.82, 2.24) is 0 Å². The van der Waals surface area contributed by atoms with Gasteiger partial charge in [0.2, 0.25) is 0 Å². The van der Waals surface area contributed by atoms with Gasteiger partial charge in [-0.3, -0.25) is 0 Å². The molecule has 0 saturated heterocycles. The summed E-state index contributed by atoms with van der Waals surface area (Å²) in [4.78, 5) is 4.75. The minimum absolute atomic E-state index is 0.0935. The van der Waals surface area contributed by atoms with Crippen LogP contribution in [0.3, 0.4) is 0 Å². The molecular weight excluding hydrogens is 190 g/mol. The average molecular weight is 200 g/mol. The highest BCUT2D eigenvalue weighted by molar-refractivity contribution is 6.33. The molecule has 3 nitrogen and oxygen atoms in total. The lowest BCUT2D eigenvalue weighted by Crippen LogP contribution is -1.86. The van der Waals surface area contributed by atoms with Gasteiger partial charge in [-0.05, 0) is 19.1 Å². The molecule has 1 aromatic carbocycles. The Kier molecular flexibility index (Phi) is 3.58. The monoisotopic (exact) mass is 199 g/mol. The third-order valence-electron chi connectivity index (χ3n) is 1.42. The fraction of sp³-hybridized carbons (Fsp3) is 0.222. The molecule has 1 rings (SSSR count). The van der Waals surface area contributed by atoms with Crippen LogP contribution in [-0.2, 0) is 4.84 Å². The van der Waals surface area contributed by atoms with Crippen LogP contribution < -0.4 is 0 Å². The Labute approximate surface area is 81.6 Å². The summed E-state index contributed by atoms with van der Waals surface area (Å²) < 4.78 is 0. The van der Waals surface area contributed by atoms with Gasteiger partial charge < -0.3 is 9.94 Å². The van der Waals surface area contributed by atoms with Gasteiger partial charge in [-0.15, -0.1) is 0 Å². The van der Waals surface area contributed by atoms with Gasteiger partial charge in [0.05, 0.1) is 16.8 Å². The molecule has 0 saturated carbocycles. The predicted molar refractivity (Wildman–Crippen MR) is 52.3 cm³/mol. The molecule has 0 bridgehead atoms. The summed E-state index contributed by atoms with van der Waals surface area (Å²) in [5.74, 6) is 0.0935. The molecule has 0 aliphatic heterocycles. The zero-order chi connectivity index (χ0) is 9.68. The van der Waals surface area contributed by atoms with Gasteiger partial charge >= 0.3 is 0 Å². The van der Waals surface area contributed by atoms with E-state index in [2.05, 4.69) is 5.16 Å². The molecule has 70 valence electrons. The molecule has 0 spiro atoms. The zero-order valence-corrected chi connectivity index (χ0v) is 7.95. The largest absolute Gasteiger partial charge is 0.507 e. The van der Waals surface area contributed by atoms with Crippen LogP contribution in [0.25, 0.3) is 0 Å². The summed E-state index contributed by atoms with van der Waals surface area (Å²) in [6.45, 7) is 2.31. The SMILES string of the molecule is CCO/N=C/c1c(O)cccc1Cl. The molecule has 13 heavy (non-hydrogen) atoms. The highest BCUT2D eigenvalue weighted by Gasteiger charge is 2.02. The molecule has 0 aliphatic rings. The predicted octanol–water partition coefficient (Wildman–Crippen LogP) is 2.42. The van der Waals surface area contributed by atoms with Crippen LogP contribution in [0.1, 0.15) is 12.5 Å². The maximum Gasteiger partial charge on any atom is 0.125 e. The van der Waals surface area contributed by atoms with Crippen molar-refractivity contribution >= 4 is 17.8 Å². The molecule has 0 heterocycles. The van der Waals surface area contributed by atoms with E-state index < -0.39 is 0 Å². The second-order valence-electron chi connectivity index (χ2n) is 2.32. The summed E-state index contributed by atoms with van der Waals surface area (Å²) in [5.41, 5.74) is 0.470. The number of hydrogen-bond donors (Lipinski definition) is 1.